The SMILES string of the molecule is CCN(CC)C(=O)C(C)NCc1cc(Br)ccc1OC. The molecule has 1 unspecified atom stereocenters. The number of halogens is 1. The highest BCUT2D eigenvalue weighted by molar-refractivity contribution is 9.10. The third-order valence-corrected chi connectivity index (χ3v) is 3.78. The van der Waals surface area contributed by atoms with Gasteiger partial charge in [0.25, 0.3) is 0 Å². The Kier molecular flexibility index (Phi) is 7.02. The molecule has 5 heteroatoms. The van der Waals surface area contributed by atoms with E-state index in [0.29, 0.717) is 6.54 Å². The Labute approximate surface area is 129 Å². The number of amides is 1. The molecule has 20 heavy (non-hydrogen) atoms. The van der Waals surface area contributed by atoms with Gasteiger partial charge < -0.3 is 15.0 Å². The van der Waals surface area contributed by atoms with Crippen LogP contribution in [0.4, 0.5) is 0 Å². The van der Waals surface area contributed by atoms with Gasteiger partial charge in [-0.15, -0.1) is 0 Å². The second-order valence-corrected chi connectivity index (χ2v) is 5.48. The van der Waals surface area contributed by atoms with Crippen LogP contribution in [0.5, 0.6) is 5.75 Å². The van der Waals surface area contributed by atoms with E-state index in [2.05, 4.69) is 21.2 Å². The van der Waals surface area contributed by atoms with Crippen molar-refractivity contribution >= 4 is 21.8 Å². The monoisotopic (exact) mass is 342 g/mol. The number of rotatable bonds is 7. The molecule has 0 saturated carbocycles. The summed E-state index contributed by atoms with van der Waals surface area (Å²) in [6, 6.07) is 5.64. The number of methoxy groups -OCH3 is 1. The van der Waals surface area contributed by atoms with Crippen LogP contribution in [0.2, 0.25) is 0 Å². The molecule has 112 valence electrons. The molecule has 1 rings (SSSR count). The quantitative estimate of drug-likeness (QED) is 0.828. The fourth-order valence-corrected chi connectivity index (χ4v) is 2.45. The number of likely N-dealkylation sites (N-methyl/N-ethyl adjacent to an activating group) is 1. The van der Waals surface area contributed by atoms with E-state index >= 15 is 0 Å². The van der Waals surface area contributed by atoms with E-state index in [9.17, 15) is 4.79 Å². The summed E-state index contributed by atoms with van der Waals surface area (Å²) in [4.78, 5) is 14.0. The lowest BCUT2D eigenvalue weighted by atomic mass is 10.2. The van der Waals surface area contributed by atoms with Crippen molar-refractivity contribution in [3.05, 3.63) is 28.2 Å². The van der Waals surface area contributed by atoms with Gasteiger partial charge in [0.1, 0.15) is 5.75 Å². The van der Waals surface area contributed by atoms with Crippen molar-refractivity contribution in [3.8, 4) is 5.75 Å². The molecule has 0 aliphatic carbocycles. The minimum Gasteiger partial charge on any atom is -0.496 e. The number of carbonyl (C=O) groups is 1. The minimum atomic E-state index is -0.210. The first-order chi connectivity index (χ1) is 9.53. The van der Waals surface area contributed by atoms with Crippen LogP contribution in [-0.2, 0) is 11.3 Å². The molecule has 4 nitrogen and oxygen atoms in total. The van der Waals surface area contributed by atoms with Crippen LogP contribution in [0, 0.1) is 0 Å². The summed E-state index contributed by atoms with van der Waals surface area (Å²) in [6.45, 7) is 7.95. The Bertz CT molecular complexity index is 447. The highest BCUT2D eigenvalue weighted by Gasteiger charge is 2.17. The van der Waals surface area contributed by atoms with Gasteiger partial charge in [-0.2, -0.15) is 0 Å². The van der Waals surface area contributed by atoms with Gasteiger partial charge in [-0.3, -0.25) is 4.79 Å². The highest BCUT2D eigenvalue weighted by Crippen LogP contribution is 2.22. The predicted octanol–water partition coefficient (Wildman–Crippen LogP) is 2.80. The van der Waals surface area contributed by atoms with Gasteiger partial charge in [0.15, 0.2) is 0 Å². The van der Waals surface area contributed by atoms with Gasteiger partial charge >= 0.3 is 0 Å². The van der Waals surface area contributed by atoms with Crippen molar-refractivity contribution in [2.75, 3.05) is 20.2 Å². The first-order valence-corrected chi connectivity index (χ1v) is 7.67. The molecule has 0 saturated heterocycles. The van der Waals surface area contributed by atoms with Crippen molar-refractivity contribution in [3.63, 3.8) is 0 Å². The van der Waals surface area contributed by atoms with Crippen LogP contribution in [0.1, 0.15) is 26.3 Å². The first kappa shape index (κ1) is 17.0. The Morgan fingerprint density at radius 3 is 2.60 bits per heavy atom. The van der Waals surface area contributed by atoms with Crippen LogP contribution in [0.3, 0.4) is 0 Å². The minimum absolute atomic E-state index is 0.129. The molecule has 1 aromatic carbocycles. The summed E-state index contributed by atoms with van der Waals surface area (Å²) in [7, 11) is 1.65. The molecule has 1 amide bonds. The average molecular weight is 343 g/mol. The number of carbonyl (C=O) groups excluding carboxylic acids is 1. The molecule has 0 spiro atoms. The van der Waals surface area contributed by atoms with Crippen LogP contribution in [0.15, 0.2) is 22.7 Å². The standard InChI is InChI=1S/C15H23BrN2O2/c1-5-18(6-2)15(19)11(3)17-10-12-9-13(16)7-8-14(12)20-4/h7-9,11,17H,5-6,10H2,1-4H3. The van der Waals surface area contributed by atoms with E-state index in [-0.39, 0.29) is 11.9 Å². The third-order valence-electron chi connectivity index (χ3n) is 3.29. The summed E-state index contributed by atoms with van der Waals surface area (Å²) >= 11 is 3.45. The fourth-order valence-electron chi connectivity index (χ4n) is 2.04. The van der Waals surface area contributed by atoms with E-state index in [1.54, 1.807) is 7.11 Å². The molecule has 0 fully saturated rings. The number of nitrogens with one attached hydrogen (secondary N) is 1. The van der Waals surface area contributed by atoms with Crippen molar-refractivity contribution in [1.82, 2.24) is 10.2 Å². The zero-order valence-electron chi connectivity index (χ0n) is 12.6. The third kappa shape index (κ3) is 4.49. The molecule has 1 atom stereocenters. The van der Waals surface area contributed by atoms with Gasteiger partial charge in [-0.1, -0.05) is 15.9 Å². The number of nitrogens with zero attached hydrogens (tertiary/aromatic N) is 1. The normalized spacial score (nSPS) is 12.1. The molecule has 1 N–H and O–H groups in total. The zero-order chi connectivity index (χ0) is 15.1. The topological polar surface area (TPSA) is 41.6 Å². The lowest BCUT2D eigenvalue weighted by Crippen LogP contribution is -2.44. The molecule has 0 bridgehead atoms. The number of hydrogen-bond donors (Lipinski definition) is 1. The van der Waals surface area contributed by atoms with Gasteiger partial charge in [0.2, 0.25) is 5.91 Å². The molecule has 0 aliphatic rings. The van der Waals surface area contributed by atoms with E-state index in [4.69, 9.17) is 4.74 Å². The summed E-state index contributed by atoms with van der Waals surface area (Å²) in [5.41, 5.74) is 1.03. The van der Waals surface area contributed by atoms with Crippen molar-refractivity contribution < 1.29 is 9.53 Å². The maximum absolute atomic E-state index is 12.2. The zero-order valence-corrected chi connectivity index (χ0v) is 14.2. The van der Waals surface area contributed by atoms with E-state index in [1.165, 1.54) is 0 Å². The molecular weight excluding hydrogens is 320 g/mol. The van der Waals surface area contributed by atoms with Gasteiger partial charge in [0.05, 0.1) is 13.2 Å². The lowest BCUT2D eigenvalue weighted by Gasteiger charge is -2.23. The molecule has 0 radical (unpaired) electrons. The molecular formula is C15H23BrN2O2. The van der Waals surface area contributed by atoms with Crippen LogP contribution in [0.25, 0.3) is 0 Å². The van der Waals surface area contributed by atoms with Gasteiger partial charge in [-0.25, -0.2) is 0 Å². The maximum Gasteiger partial charge on any atom is 0.239 e. The van der Waals surface area contributed by atoms with Gasteiger partial charge in [-0.05, 0) is 39.0 Å². The molecule has 0 heterocycles. The number of hydrogen-bond acceptors (Lipinski definition) is 3. The Morgan fingerprint density at radius 1 is 1.40 bits per heavy atom. The largest absolute Gasteiger partial charge is 0.496 e. The van der Waals surface area contributed by atoms with Crippen molar-refractivity contribution in [2.24, 2.45) is 0 Å². The van der Waals surface area contributed by atoms with Crippen molar-refractivity contribution in [2.45, 2.75) is 33.4 Å². The second kappa shape index (κ2) is 8.27. The maximum atomic E-state index is 12.2. The first-order valence-electron chi connectivity index (χ1n) is 6.88. The van der Waals surface area contributed by atoms with Gasteiger partial charge in [0, 0.05) is 29.7 Å². The number of ether oxygens (including phenoxy) is 1. The smallest absolute Gasteiger partial charge is 0.239 e. The predicted molar refractivity (Wildman–Crippen MR) is 84.9 cm³/mol. The molecule has 1 aromatic rings. The van der Waals surface area contributed by atoms with E-state index in [1.807, 2.05) is 43.9 Å². The van der Waals surface area contributed by atoms with E-state index in [0.717, 1.165) is 28.9 Å². The second-order valence-electron chi connectivity index (χ2n) is 4.57. The fraction of sp³-hybridized carbons (Fsp3) is 0.533. The average Bonchev–Trinajstić information content (AvgIpc) is 2.46. The van der Waals surface area contributed by atoms with Crippen LogP contribution < -0.4 is 10.1 Å². The Balaban J connectivity index is 2.67. The Morgan fingerprint density at radius 2 is 2.05 bits per heavy atom. The summed E-state index contributed by atoms with van der Waals surface area (Å²) < 4.78 is 6.32. The summed E-state index contributed by atoms with van der Waals surface area (Å²) in [5.74, 6) is 0.951. The summed E-state index contributed by atoms with van der Waals surface area (Å²) in [6.07, 6.45) is 0. The highest BCUT2D eigenvalue weighted by atomic mass is 79.9. The molecule has 0 aliphatic heterocycles. The summed E-state index contributed by atoms with van der Waals surface area (Å²) in [5, 5.41) is 3.26. The van der Waals surface area contributed by atoms with Crippen LogP contribution in [-0.4, -0.2) is 37.0 Å². The van der Waals surface area contributed by atoms with Crippen molar-refractivity contribution in [1.29, 1.82) is 0 Å². The molecule has 0 aromatic heterocycles. The van der Waals surface area contributed by atoms with E-state index < -0.39 is 0 Å². The van der Waals surface area contributed by atoms with Crippen LogP contribution >= 0.6 is 15.9 Å². The lowest BCUT2D eigenvalue weighted by molar-refractivity contribution is -0.132. The number of benzene rings is 1. The Hall–Kier alpha value is -1.07.